The van der Waals surface area contributed by atoms with E-state index in [1.54, 1.807) is 0 Å². The molecule has 4 rings (SSSR count). The quantitative estimate of drug-likeness (QED) is 0.847. The lowest BCUT2D eigenvalue weighted by Gasteiger charge is -2.57. The van der Waals surface area contributed by atoms with Crippen molar-refractivity contribution in [2.45, 2.75) is 56.6 Å². The van der Waals surface area contributed by atoms with Crippen molar-refractivity contribution in [3.05, 3.63) is 35.9 Å². The molecule has 126 valence electrons. The zero-order valence-electron chi connectivity index (χ0n) is 13.9. The zero-order valence-corrected chi connectivity index (χ0v) is 13.9. The van der Waals surface area contributed by atoms with E-state index in [1.807, 2.05) is 0 Å². The minimum atomic E-state index is 0.256. The van der Waals surface area contributed by atoms with Crippen LogP contribution >= 0.6 is 0 Å². The Labute approximate surface area is 139 Å². The number of fused-ring (bicyclic) bond motifs is 2. The van der Waals surface area contributed by atoms with Gasteiger partial charge in [0.05, 0.1) is 6.10 Å². The van der Waals surface area contributed by atoms with Crippen LogP contribution in [-0.2, 0) is 4.74 Å². The summed E-state index contributed by atoms with van der Waals surface area (Å²) in [7, 11) is 0. The number of ether oxygens (including phenoxy) is 1. The van der Waals surface area contributed by atoms with Crippen LogP contribution in [0.3, 0.4) is 0 Å². The van der Waals surface area contributed by atoms with Gasteiger partial charge in [-0.1, -0.05) is 43.2 Å². The fourth-order valence-corrected chi connectivity index (χ4v) is 5.54. The highest BCUT2D eigenvalue weighted by Gasteiger charge is 2.64. The first-order valence-electron chi connectivity index (χ1n) is 9.36. The van der Waals surface area contributed by atoms with Gasteiger partial charge in [-0.25, -0.2) is 0 Å². The predicted octanol–water partition coefficient (Wildman–Crippen LogP) is 3.09. The summed E-state index contributed by atoms with van der Waals surface area (Å²) in [5.74, 6) is 1.12. The average Bonchev–Trinajstić information content (AvgIpc) is 3.23. The summed E-state index contributed by atoms with van der Waals surface area (Å²) in [4.78, 5) is 0. The number of benzene rings is 1. The predicted molar refractivity (Wildman–Crippen MR) is 91.4 cm³/mol. The third-order valence-electron chi connectivity index (χ3n) is 6.62. The Kier molecular flexibility index (Phi) is 4.44. The molecule has 1 heterocycles. The molecular formula is C20H29NO2. The molecule has 0 aromatic heterocycles. The maximum absolute atomic E-state index is 9.44. The molecule has 0 bridgehead atoms. The Morgan fingerprint density at radius 2 is 2.00 bits per heavy atom. The number of aliphatic hydroxyl groups excluding tert-OH is 1. The number of nitrogens with one attached hydrogen (secondary N) is 1. The second-order valence-electron chi connectivity index (χ2n) is 7.69. The largest absolute Gasteiger partial charge is 0.396 e. The Balaban J connectivity index is 1.44. The Hall–Kier alpha value is -0.900. The molecule has 0 radical (unpaired) electrons. The van der Waals surface area contributed by atoms with Crippen molar-refractivity contribution in [3.63, 3.8) is 0 Å². The third kappa shape index (κ3) is 2.63. The number of rotatable bonds is 6. The fraction of sp³-hybridized carbons (Fsp3) is 0.700. The van der Waals surface area contributed by atoms with Crippen LogP contribution in [0.15, 0.2) is 30.3 Å². The second kappa shape index (κ2) is 6.54. The minimum Gasteiger partial charge on any atom is -0.396 e. The maximum atomic E-state index is 9.44. The van der Waals surface area contributed by atoms with Gasteiger partial charge in [0.2, 0.25) is 0 Å². The lowest BCUT2D eigenvalue weighted by molar-refractivity contribution is -0.130. The number of aliphatic hydroxyl groups is 1. The first-order chi connectivity index (χ1) is 11.3. The molecule has 4 atom stereocenters. The summed E-state index contributed by atoms with van der Waals surface area (Å²) in [6.07, 6.45) is 7.98. The van der Waals surface area contributed by atoms with E-state index in [-0.39, 0.29) is 6.61 Å². The van der Waals surface area contributed by atoms with Crippen molar-refractivity contribution in [2.75, 3.05) is 19.8 Å². The van der Waals surface area contributed by atoms with Gasteiger partial charge in [-0.3, -0.25) is 0 Å². The van der Waals surface area contributed by atoms with Crippen LogP contribution in [0.2, 0.25) is 0 Å². The van der Waals surface area contributed by atoms with E-state index >= 15 is 0 Å². The summed E-state index contributed by atoms with van der Waals surface area (Å²) in [5.41, 5.74) is 1.76. The van der Waals surface area contributed by atoms with Gasteiger partial charge in [-0.15, -0.1) is 0 Å². The third-order valence-corrected chi connectivity index (χ3v) is 6.62. The van der Waals surface area contributed by atoms with E-state index in [0.29, 0.717) is 23.5 Å². The molecule has 1 saturated heterocycles. The van der Waals surface area contributed by atoms with E-state index in [2.05, 4.69) is 35.6 Å². The standard InChI is InChI=1S/C20H29NO2/c22-12-8-16(15-6-2-1-3-7-15)14-21-18-17-9-13-23-19(17)20(18)10-4-5-11-20/h1-3,6-7,16-19,21-22H,4-5,8-14H2. The Morgan fingerprint density at radius 3 is 2.74 bits per heavy atom. The maximum Gasteiger partial charge on any atom is 0.0690 e. The van der Waals surface area contributed by atoms with E-state index in [1.165, 1.54) is 37.7 Å². The lowest BCUT2D eigenvalue weighted by Crippen LogP contribution is -2.67. The van der Waals surface area contributed by atoms with Gasteiger partial charge in [0.1, 0.15) is 0 Å². The SMILES string of the molecule is OCCC(CNC1C2CCOC2C12CCCC2)c1ccccc1. The Morgan fingerprint density at radius 1 is 1.22 bits per heavy atom. The summed E-state index contributed by atoms with van der Waals surface area (Å²) in [6.45, 7) is 2.18. The molecule has 3 heteroatoms. The normalized spacial score (nSPS) is 32.7. The van der Waals surface area contributed by atoms with Gasteiger partial charge in [0, 0.05) is 37.1 Å². The van der Waals surface area contributed by atoms with Gasteiger partial charge in [-0.05, 0) is 37.2 Å². The molecular weight excluding hydrogens is 286 g/mol. The van der Waals surface area contributed by atoms with Crippen molar-refractivity contribution in [2.24, 2.45) is 11.3 Å². The molecule has 1 spiro atoms. The van der Waals surface area contributed by atoms with Crippen LogP contribution in [0.5, 0.6) is 0 Å². The summed E-state index contributed by atoms with van der Waals surface area (Å²) in [6, 6.07) is 11.3. The smallest absolute Gasteiger partial charge is 0.0690 e. The molecule has 2 saturated carbocycles. The monoisotopic (exact) mass is 315 g/mol. The van der Waals surface area contributed by atoms with Crippen LogP contribution in [0.1, 0.15) is 50.0 Å². The van der Waals surface area contributed by atoms with Gasteiger partial charge in [-0.2, -0.15) is 0 Å². The number of hydrogen-bond acceptors (Lipinski definition) is 3. The molecule has 1 aliphatic heterocycles. The summed E-state index contributed by atoms with van der Waals surface area (Å²) in [5, 5.41) is 13.4. The summed E-state index contributed by atoms with van der Waals surface area (Å²) < 4.78 is 6.08. The molecule has 1 aromatic rings. The van der Waals surface area contributed by atoms with Crippen molar-refractivity contribution in [3.8, 4) is 0 Å². The second-order valence-corrected chi connectivity index (χ2v) is 7.69. The molecule has 1 aromatic carbocycles. The molecule has 23 heavy (non-hydrogen) atoms. The molecule has 3 aliphatic rings. The topological polar surface area (TPSA) is 41.5 Å². The minimum absolute atomic E-state index is 0.256. The van der Waals surface area contributed by atoms with Crippen molar-refractivity contribution in [1.82, 2.24) is 5.32 Å². The van der Waals surface area contributed by atoms with Gasteiger partial charge >= 0.3 is 0 Å². The van der Waals surface area contributed by atoms with Crippen LogP contribution in [-0.4, -0.2) is 37.0 Å². The molecule has 2 aliphatic carbocycles. The van der Waals surface area contributed by atoms with Crippen molar-refractivity contribution in [1.29, 1.82) is 0 Å². The number of hydrogen-bond donors (Lipinski definition) is 2. The molecule has 3 fully saturated rings. The first-order valence-corrected chi connectivity index (χ1v) is 9.36. The molecule has 3 nitrogen and oxygen atoms in total. The van der Waals surface area contributed by atoms with E-state index in [9.17, 15) is 5.11 Å². The molecule has 2 N–H and O–H groups in total. The van der Waals surface area contributed by atoms with Gasteiger partial charge < -0.3 is 15.2 Å². The van der Waals surface area contributed by atoms with Crippen LogP contribution < -0.4 is 5.32 Å². The molecule has 0 amide bonds. The van der Waals surface area contributed by atoms with Crippen LogP contribution in [0, 0.1) is 11.3 Å². The van der Waals surface area contributed by atoms with Gasteiger partial charge in [0.25, 0.3) is 0 Å². The lowest BCUT2D eigenvalue weighted by atomic mass is 9.54. The highest BCUT2D eigenvalue weighted by molar-refractivity contribution is 5.21. The fourth-order valence-electron chi connectivity index (χ4n) is 5.54. The van der Waals surface area contributed by atoms with Crippen molar-refractivity contribution < 1.29 is 9.84 Å². The zero-order chi connectivity index (χ0) is 15.7. The Bertz CT molecular complexity index is 512. The van der Waals surface area contributed by atoms with E-state index in [4.69, 9.17) is 4.74 Å². The van der Waals surface area contributed by atoms with Crippen molar-refractivity contribution >= 4 is 0 Å². The highest BCUT2D eigenvalue weighted by Crippen LogP contribution is 2.60. The molecule has 4 unspecified atom stereocenters. The van der Waals surface area contributed by atoms with Crippen LogP contribution in [0.4, 0.5) is 0 Å². The average molecular weight is 315 g/mol. The van der Waals surface area contributed by atoms with Gasteiger partial charge in [0.15, 0.2) is 0 Å². The highest BCUT2D eigenvalue weighted by atomic mass is 16.5. The summed E-state index contributed by atoms with van der Waals surface area (Å²) >= 11 is 0. The van der Waals surface area contributed by atoms with E-state index < -0.39 is 0 Å². The first kappa shape index (κ1) is 15.6. The van der Waals surface area contributed by atoms with E-state index in [0.717, 1.165) is 25.5 Å². The van der Waals surface area contributed by atoms with Crippen LogP contribution in [0.25, 0.3) is 0 Å².